The normalized spacial score (nSPS) is 12.1. The van der Waals surface area contributed by atoms with E-state index in [1.807, 2.05) is 0 Å². The summed E-state index contributed by atoms with van der Waals surface area (Å²) in [5.41, 5.74) is 2.19. The predicted molar refractivity (Wildman–Crippen MR) is 100 cm³/mol. The van der Waals surface area contributed by atoms with Gasteiger partial charge in [0.05, 0.1) is 11.0 Å². The van der Waals surface area contributed by atoms with Gasteiger partial charge in [-0.25, -0.2) is 4.98 Å². The highest BCUT2D eigenvalue weighted by molar-refractivity contribution is 6.04. The molecule has 0 N–H and O–H groups in total. The fourth-order valence-corrected chi connectivity index (χ4v) is 3.19. The molecule has 23 heavy (non-hydrogen) atoms. The van der Waals surface area contributed by atoms with E-state index in [1.165, 1.54) is 5.39 Å². The molecular formula is C20H25N3. The van der Waals surface area contributed by atoms with Gasteiger partial charge in [0.1, 0.15) is 5.82 Å². The van der Waals surface area contributed by atoms with Crippen molar-refractivity contribution < 1.29 is 0 Å². The lowest BCUT2D eigenvalue weighted by atomic mass is 10.1. The number of nitrogens with zero attached hydrogens (tertiary/aromatic N) is 3. The third-order valence-corrected chi connectivity index (χ3v) is 4.44. The summed E-state index contributed by atoms with van der Waals surface area (Å²) in [7, 11) is 4.20. The number of hydrogen-bond acceptors (Lipinski definition) is 2. The van der Waals surface area contributed by atoms with Gasteiger partial charge in [-0.2, -0.15) is 0 Å². The Bertz CT molecular complexity index is 964. The van der Waals surface area contributed by atoms with Gasteiger partial charge in [0.15, 0.2) is 0 Å². The molecule has 0 spiro atoms. The zero-order chi connectivity index (χ0) is 16.7. The van der Waals surface area contributed by atoms with Crippen LogP contribution in [0.3, 0.4) is 0 Å². The van der Waals surface area contributed by atoms with Crippen LogP contribution in [0.25, 0.3) is 35.0 Å². The van der Waals surface area contributed by atoms with Crippen LogP contribution in [0.2, 0.25) is 0 Å². The van der Waals surface area contributed by atoms with Crippen LogP contribution in [0.4, 0.5) is 0 Å². The van der Waals surface area contributed by atoms with E-state index in [1.54, 1.807) is 0 Å². The summed E-state index contributed by atoms with van der Waals surface area (Å²) < 4.78 is 2.34. The summed E-state index contributed by atoms with van der Waals surface area (Å²) in [6, 6.07) is 8.37. The van der Waals surface area contributed by atoms with E-state index in [9.17, 15) is 0 Å². The van der Waals surface area contributed by atoms with Crippen LogP contribution in [0.15, 0.2) is 24.3 Å². The second kappa shape index (κ2) is 5.82. The molecule has 0 aliphatic rings. The van der Waals surface area contributed by atoms with Gasteiger partial charge in [-0.3, -0.25) is 0 Å². The van der Waals surface area contributed by atoms with Crippen molar-refractivity contribution in [3.05, 3.63) is 40.5 Å². The van der Waals surface area contributed by atoms with E-state index in [4.69, 9.17) is 4.98 Å². The summed E-state index contributed by atoms with van der Waals surface area (Å²) >= 11 is 0. The second-order valence-electron chi connectivity index (χ2n) is 6.78. The van der Waals surface area contributed by atoms with Crippen molar-refractivity contribution in [1.82, 2.24) is 14.5 Å². The Hall–Kier alpha value is -2.13. The molecule has 1 heterocycles. The molecule has 0 saturated carbocycles. The Morgan fingerprint density at radius 3 is 2.35 bits per heavy atom. The number of benzene rings is 2. The summed E-state index contributed by atoms with van der Waals surface area (Å²) in [6.45, 7) is 14.9. The summed E-state index contributed by atoms with van der Waals surface area (Å²) in [5.74, 6) is 1.50. The Morgan fingerprint density at radius 1 is 1.09 bits per heavy atom. The van der Waals surface area contributed by atoms with Crippen LogP contribution in [0.1, 0.15) is 25.6 Å². The van der Waals surface area contributed by atoms with Crippen molar-refractivity contribution in [2.75, 3.05) is 20.6 Å². The van der Waals surface area contributed by atoms with Gasteiger partial charge in [-0.15, -0.1) is 0 Å². The molecule has 3 heteroatoms. The van der Waals surface area contributed by atoms with Crippen LogP contribution >= 0.6 is 0 Å². The van der Waals surface area contributed by atoms with E-state index in [-0.39, 0.29) is 0 Å². The lowest BCUT2D eigenvalue weighted by Crippen LogP contribution is -2.27. The number of rotatable bonds is 4. The molecule has 0 atom stereocenters. The quantitative estimate of drug-likeness (QED) is 0.739. The highest BCUT2D eigenvalue weighted by Gasteiger charge is 2.17. The van der Waals surface area contributed by atoms with E-state index >= 15 is 0 Å². The van der Waals surface area contributed by atoms with Crippen molar-refractivity contribution in [2.45, 2.75) is 26.3 Å². The minimum Gasteiger partial charge on any atom is -0.326 e. The minimum absolute atomic E-state index is 0.371. The van der Waals surface area contributed by atoms with Crippen LogP contribution in [-0.4, -0.2) is 35.1 Å². The molecule has 1 aromatic heterocycles. The van der Waals surface area contributed by atoms with Gasteiger partial charge in [0.25, 0.3) is 0 Å². The maximum atomic E-state index is 5.00. The highest BCUT2D eigenvalue weighted by Crippen LogP contribution is 2.24. The second-order valence-corrected chi connectivity index (χ2v) is 6.78. The molecule has 0 bridgehead atoms. The molecule has 3 rings (SSSR count). The Kier molecular flexibility index (Phi) is 3.99. The van der Waals surface area contributed by atoms with Crippen molar-refractivity contribution in [3.8, 4) is 0 Å². The number of hydrogen-bond donors (Lipinski definition) is 0. The van der Waals surface area contributed by atoms with Crippen molar-refractivity contribution >= 4 is 35.0 Å². The fourth-order valence-electron chi connectivity index (χ4n) is 3.19. The molecule has 0 fully saturated rings. The molecule has 0 aliphatic heterocycles. The maximum absolute atomic E-state index is 5.00. The van der Waals surface area contributed by atoms with E-state index in [2.05, 4.69) is 74.8 Å². The fraction of sp³-hybridized carbons (Fsp3) is 0.350. The molecule has 0 aliphatic carbocycles. The van der Waals surface area contributed by atoms with Gasteiger partial charge < -0.3 is 9.47 Å². The SMILES string of the molecule is C=c1c(=C)c2c(nc(C(C)C)n2CCN(C)C)c2ccccc12. The van der Waals surface area contributed by atoms with Gasteiger partial charge in [0.2, 0.25) is 0 Å². The largest absolute Gasteiger partial charge is 0.326 e. The molecule has 0 amide bonds. The predicted octanol–water partition coefficient (Wildman–Crippen LogP) is 2.70. The monoisotopic (exact) mass is 307 g/mol. The third kappa shape index (κ3) is 2.55. The van der Waals surface area contributed by atoms with Crippen LogP contribution in [-0.2, 0) is 6.54 Å². The molecule has 2 aromatic carbocycles. The van der Waals surface area contributed by atoms with Gasteiger partial charge in [-0.05, 0) is 24.7 Å². The Labute approximate surface area is 137 Å². The average molecular weight is 307 g/mol. The smallest absolute Gasteiger partial charge is 0.112 e. The lowest BCUT2D eigenvalue weighted by molar-refractivity contribution is 0.382. The summed E-state index contributed by atoms with van der Waals surface area (Å²) in [5, 5.41) is 4.33. The average Bonchev–Trinajstić information content (AvgIpc) is 2.90. The first-order valence-electron chi connectivity index (χ1n) is 8.15. The first kappa shape index (κ1) is 15.8. The lowest BCUT2D eigenvalue weighted by Gasteiger charge is -2.15. The van der Waals surface area contributed by atoms with E-state index in [0.29, 0.717) is 5.92 Å². The van der Waals surface area contributed by atoms with Crippen LogP contribution < -0.4 is 10.4 Å². The first-order valence-corrected chi connectivity index (χ1v) is 8.15. The maximum Gasteiger partial charge on any atom is 0.112 e. The first-order chi connectivity index (χ1) is 10.9. The standard InChI is InChI=1S/C20H25N3/c1-13(2)20-21-18-17-10-8-7-9-16(17)14(3)15(4)19(18)23(20)12-11-22(5)6/h7-10,13H,3-4,11-12H2,1-2,5-6H3. The molecular weight excluding hydrogens is 282 g/mol. The molecule has 0 unspecified atom stereocenters. The van der Waals surface area contributed by atoms with Crippen LogP contribution in [0, 0.1) is 0 Å². The number of fused-ring (bicyclic) bond motifs is 3. The highest BCUT2D eigenvalue weighted by atomic mass is 15.1. The van der Waals surface area contributed by atoms with E-state index in [0.717, 1.165) is 45.8 Å². The van der Waals surface area contributed by atoms with Gasteiger partial charge in [-0.1, -0.05) is 51.3 Å². The zero-order valence-electron chi connectivity index (χ0n) is 14.6. The molecule has 120 valence electrons. The van der Waals surface area contributed by atoms with Crippen LogP contribution in [0.5, 0.6) is 0 Å². The Morgan fingerprint density at radius 2 is 1.74 bits per heavy atom. The number of aromatic nitrogens is 2. The number of imidazole rings is 1. The minimum atomic E-state index is 0.371. The molecule has 0 radical (unpaired) electrons. The van der Waals surface area contributed by atoms with Gasteiger partial charge in [0, 0.05) is 29.6 Å². The number of likely N-dealkylation sites (N-methyl/N-ethyl adjacent to an activating group) is 1. The van der Waals surface area contributed by atoms with Gasteiger partial charge >= 0.3 is 0 Å². The molecule has 3 aromatic rings. The third-order valence-electron chi connectivity index (χ3n) is 4.44. The van der Waals surface area contributed by atoms with Crippen molar-refractivity contribution in [2.24, 2.45) is 0 Å². The molecule has 3 nitrogen and oxygen atoms in total. The topological polar surface area (TPSA) is 21.1 Å². The molecule has 0 saturated heterocycles. The van der Waals surface area contributed by atoms with Crippen molar-refractivity contribution in [3.63, 3.8) is 0 Å². The van der Waals surface area contributed by atoms with Crippen molar-refractivity contribution in [1.29, 1.82) is 0 Å². The Balaban J connectivity index is 2.43. The van der Waals surface area contributed by atoms with E-state index < -0.39 is 0 Å². The summed E-state index contributed by atoms with van der Waals surface area (Å²) in [6.07, 6.45) is 0. The zero-order valence-corrected chi connectivity index (χ0v) is 14.6. The summed E-state index contributed by atoms with van der Waals surface area (Å²) in [4.78, 5) is 7.20.